The van der Waals surface area contributed by atoms with E-state index >= 15 is 0 Å². The molecule has 7 nitrogen and oxygen atoms in total. The largest absolute Gasteiger partial charge is 0.483 e. The first-order valence-electron chi connectivity index (χ1n) is 14.1. The molecule has 1 N–H and O–H groups in total. The van der Waals surface area contributed by atoms with Crippen LogP contribution in [0.2, 0.25) is 0 Å². The number of ether oxygens (including phenoxy) is 2. The third kappa shape index (κ3) is 3.88. The van der Waals surface area contributed by atoms with Gasteiger partial charge in [-0.2, -0.15) is 0 Å². The summed E-state index contributed by atoms with van der Waals surface area (Å²) in [5.41, 5.74) is 3.01. The zero-order chi connectivity index (χ0) is 26.9. The van der Waals surface area contributed by atoms with E-state index in [1.54, 1.807) is 4.90 Å². The van der Waals surface area contributed by atoms with Gasteiger partial charge in [-0.25, -0.2) is 0 Å². The summed E-state index contributed by atoms with van der Waals surface area (Å²) < 4.78 is 12.5. The number of nitrogens with zero attached hydrogens (tertiary/aromatic N) is 2. The minimum absolute atomic E-state index is 0.139. The third-order valence-corrected chi connectivity index (χ3v) is 9.90. The van der Waals surface area contributed by atoms with Gasteiger partial charge < -0.3 is 19.5 Å². The highest BCUT2D eigenvalue weighted by atomic mass is 16.6. The Morgan fingerprint density at radius 2 is 2.00 bits per heavy atom. The zero-order valence-corrected chi connectivity index (χ0v) is 22.4. The van der Waals surface area contributed by atoms with E-state index in [0.717, 1.165) is 50.8 Å². The van der Waals surface area contributed by atoms with Crippen LogP contribution >= 0.6 is 0 Å². The van der Waals surface area contributed by atoms with Gasteiger partial charge in [0.1, 0.15) is 6.10 Å². The van der Waals surface area contributed by atoms with Gasteiger partial charge in [0, 0.05) is 54.9 Å². The van der Waals surface area contributed by atoms with E-state index in [2.05, 4.69) is 22.8 Å². The summed E-state index contributed by atoms with van der Waals surface area (Å²) in [4.78, 5) is 29.7. The van der Waals surface area contributed by atoms with E-state index in [9.17, 15) is 14.7 Å². The number of hydrogen-bond donors (Lipinski definition) is 1. The van der Waals surface area contributed by atoms with Gasteiger partial charge in [-0.05, 0) is 68.3 Å². The second kappa shape index (κ2) is 9.11. The molecule has 2 bridgehead atoms. The van der Waals surface area contributed by atoms with E-state index < -0.39 is 0 Å². The Kier molecular flexibility index (Phi) is 5.76. The molecule has 2 saturated carbocycles. The van der Waals surface area contributed by atoms with Crippen molar-refractivity contribution in [3.8, 4) is 23.3 Å². The summed E-state index contributed by atoms with van der Waals surface area (Å²) in [6.45, 7) is 3.28. The number of likely N-dealkylation sites (N-methyl/N-ethyl adjacent to an activating group) is 1. The van der Waals surface area contributed by atoms with Gasteiger partial charge in [0.25, 0.3) is 5.91 Å². The minimum atomic E-state index is -0.370. The van der Waals surface area contributed by atoms with Gasteiger partial charge in [-0.15, -0.1) is 0 Å². The first kappa shape index (κ1) is 24.7. The molecule has 3 fully saturated rings. The Morgan fingerprint density at radius 1 is 1.21 bits per heavy atom. The molecule has 2 aromatic rings. The molecule has 7 heteroatoms. The number of benzene rings is 2. The quantitative estimate of drug-likeness (QED) is 0.375. The molecule has 2 aromatic carbocycles. The average Bonchev–Trinajstić information content (AvgIpc) is 3.51. The molecule has 39 heavy (non-hydrogen) atoms. The highest BCUT2D eigenvalue weighted by molar-refractivity contribution is 5.94. The molecule has 0 radical (unpaired) electrons. The molecule has 7 rings (SSSR count). The van der Waals surface area contributed by atoms with Crippen molar-refractivity contribution in [3.63, 3.8) is 0 Å². The normalized spacial score (nSPS) is 33.2. The number of hydrogen-bond acceptors (Lipinski definition) is 6. The summed E-state index contributed by atoms with van der Waals surface area (Å²) in [6.07, 6.45) is 4.16. The number of aliphatic hydroxyl groups is 1. The highest BCUT2D eigenvalue weighted by Crippen LogP contribution is 2.64. The molecule has 1 amide bonds. The molecule has 2 heterocycles. The number of esters is 1. The van der Waals surface area contributed by atoms with Crippen molar-refractivity contribution in [2.75, 3.05) is 20.1 Å². The SMILES string of the molecule is CC(=O)Oc1ccc2c3c1O[C@H]1[C@H](N(C)C(=O)C#Cc4ccccc4)CC[C@H]4[C@@H](C2)N(CC2CC2O)CC[C@@]341. The summed E-state index contributed by atoms with van der Waals surface area (Å²) in [6, 6.07) is 13.8. The Bertz CT molecular complexity index is 1400. The molecular formula is C32H34N2O5. The van der Waals surface area contributed by atoms with Crippen LogP contribution < -0.4 is 9.47 Å². The van der Waals surface area contributed by atoms with Crippen molar-refractivity contribution in [2.24, 2.45) is 11.8 Å². The standard InChI is InChI=1S/C32H34N2O5/c1-19(35)38-27-12-9-21-16-25-23-10-11-24(33(2)28(37)13-8-20-6-4-3-5-7-20)31-32(23,29(21)30(27)39-31)14-15-34(25)18-22-17-26(22)36/h3-7,9,12,22-26,31,36H,10-11,14-18H2,1-2H3/t22?,23-,24+,25+,26?,31-,32-/m0/s1. The van der Waals surface area contributed by atoms with E-state index in [-0.39, 0.29) is 35.5 Å². The summed E-state index contributed by atoms with van der Waals surface area (Å²) >= 11 is 0. The number of aliphatic hydroxyl groups excluding tert-OH is 1. The lowest BCUT2D eigenvalue weighted by Crippen LogP contribution is -2.69. The number of amides is 1. The van der Waals surface area contributed by atoms with E-state index in [1.165, 1.54) is 18.1 Å². The first-order chi connectivity index (χ1) is 18.9. The molecule has 3 aliphatic carbocycles. The van der Waals surface area contributed by atoms with Gasteiger partial charge >= 0.3 is 5.97 Å². The molecular weight excluding hydrogens is 492 g/mol. The van der Waals surface area contributed by atoms with Crippen molar-refractivity contribution >= 4 is 11.9 Å². The molecule has 2 aliphatic heterocycles. The predicted octanol–water partition coefficient (Wildman–Crippen LogP) is 2.91. The second-order valence-corrected chi connectivity index (χ2v) is 12.0. The lowest BCUT2D eigenvalue weighted by Gasteiger charge is -2.60. The van der Waals surface area contributed by atoms with E-state index in [1.807, 2.05) is 43.4 Å². The Balaban J connectivity index is 1.25. The Morgan fingerprint density at radius 3 is 2.74 bits per heavy atom. The zero-order valence-electron chi connectivity index (χ0n) is 22.4. The third-order valence-electron chi connectivity index (χ3n) is 9.90. The number of piperidine rings is 1. The Labute approximate surface area is 229 Å². The lowest BCUT2D eigenvalue weighted by molar-refractivity contribution is -0.134. The van der Waals surface area contributed by atoms with Crippen LogP contribution in [0.1, 0.15) is 49.3 Å². The number of likely N-dealkylation sites (tertiary alicyclic amines) is 1. The van der Waals surface area contributed by atoms with E-state index in [0.29, 0.717) is 29.4 Å². The van der Waals surface area contributed by atoms with Crippen LogP contribution in [-0.2, 0) is 21.4 Å². The topological polar surface area (TPSA) is 79.3 Å². The van der Waals surface area contributed by atoms with Crippen molar-refractivity contribution in [1.82, 2.24) is 9.80 Å². The van der Waals surface area contributed by atoms with Gasteiger partial charge in [-0.1, -0.05) is 30.2 Å². The summed E-state index contributed by atoms with van der Waals surface area (Å²) in [5.74, 6) is 7.18. The van der Waals surface area contributed by atoms with Crippen LogP contribution in [-0.4, -0.2) is 71.2 Å². The average molecular weight is 527 g/mol. The van der Waals surface area contributed by atoms with Crippen molar-refractivity contribution in [1.29, 1.82) is 0 Å². The maximum Gasteiger partial charge on any atom is 0.308 e. The fourth-order valence-corrected chi connectivity index (χ4v) is 8.06. The summed E-state index contributed by atoms with van der Waals surface area (Å²) in [5, 5.41) is 10.1. The smallest absolute Gasteiger partial charge is 0.308 e. The number of rotatable bonds is 4. The second-order valence-electron chi connectivity index (χ2n) is 12.0. The van der Waals surface area contributed by atoms with Crippen molar-refractivity contribution < 1.29 is 24.2 Å². The molecule has 0 aromatic heterocycles. The molecule has 2 unspecified atom stereocenters. The molecule has 5 aliphatic rings. The summed E-state index contributed by atoms with van der Waals surface area (Å²) in [7, 11) is 1.84. The minimum Gasteiger partial charge on any atom is -0.483 e. The monoisotopic (exact) mass is 526 g/mol. The molecule has 1 saturated heterocycles. The van der Waals surface area contributed by atoms with Gasteiger partial charge in [0.2, 0.25) is 0 Å². The van der Waals surface area contributed by atoms with Crippen LogP contribution in [0.15, 0.2) is 42.5 Å². The van der Waals surface area contributed by atoms with Crippen LogP contribution in [0.5, 0.6) is 11.5 Å². The number of carbonyl (C=O) groups excluding carboxylic acids is 2. The van der Waals surface area contributed by atoms with Gasteiger partial charge in [0.15, 0.2) is 11.5 Å². The van der Waals surface area contributed by atoms with Crippen molar-refractivity contribution in [2.45, 2.75) is 68.7 Å². The fourth-order valence-electron chi connectivity index (χ4n) is 8.06. The van der Waals surface area contributed by atoms with Crippen LogP contribution in [0.3, 0.4) is 0 Å². The van der Waals surface area contributed by atoms with Gasteiger partial charge in [0.05, 0.1) is 12.1 Å². The lowest BCUT2D eigenvalue weighted by atomic mass is 9.51. The fraction of sp³-hybridized carbons (Fsp3) is 0.500. The molecule has 1 spiro atoms. The molecule has 202 valence electrons. The Hall–Kier alpha value is -3.34. The highest BCUT2D eigenvalue weighted by Gasteiger charge is 2.66. The maximum atomic E-state index is 13.3. The molecule has 7 atom stereocenters. The van der Waals surface area contributed by atoms with Gasteiger partial charge in [-0.3, -0.25) is 14.5 Å². The van der Waals surface area contributed by atoms with Crippen LogP contribution in [0, 0.1) is 23.7 Å². The van der Waals surface area contributed by atoms with Crippen molar-refractivity contribution in [3.05, 3.63) is 59.2 Å². The first-order valence-corrected chi connectivity index (χ1v) is 14.1. The number of carbonyl (C=O) groups is 2. The van der Waals surface area contributed by atoms with Crippen LogP contribution in [0.25, 0.3) is 0 Å². The predicted molar refractivity (Wildman–Crippen MR) is 144 cm³/mol. The van der Waals surface area contributed by atoms with Crippen LogP contribution in [0.4, 0.5) is 0 Å². The van der Waals surface area contributed by atoms with E-state index in [4.69, 9.17) is 9.47 Å². The maximum absolute atomic E-state index is 13.3.